The van der Waals surface area contributed by atoms with Gasteiger partial charge in [0.25, 0.3) is 5.91 Å². The van der Waals surface area contributed by atoms with Gasteiger partial charge in [-0.1, -0.05) is 6.92 Å². The fraction of sp³-hybridized carbons (Fsp3) is 0.424. The second-order valence-corrected chi connectivity index (χ2v) is 11.7. The molecule has 2 aromatic heterocycles. The molecule has 3 amide bonds. The summed E-state index contributed by atoms with van der Waals surface area (Å²) >= 11 is 0. The Morgan fingerprint density at radius 1 is 1.13 bits per heavy atom. The number of likely N-dealkylation sites (tertiary alicyclic amines) is 1. The molecule has 1 atom stereocenters. The zero-order chi connectivity index (χ0) is 31.7. The Morgan fingerprint density at radius 2 is 1.96 bits per heavy atom. The van der Waals surface area contributed by atoms with Crippen molar-refractivity contribution in [1.82, 2.24) is 25.1 Å². The summed E-state index contributed by atoms with van der Waals surface area (Å²) in [6, 6.07) is 11.9. The molecule has 6 rings (SSSR count). The number of benzene rings is 1. The minimum absolute atomic E-state index is 0.0461. The Hall–Kier alpha value is -4.76. The Labute approximate surface area is 262 Å². The van der Waals surface area contributed by atoms with Gasteiger partial charge in [-0.25, -0.2) is 19.2 Å². The number of nitriles is 1. The number of nitrogens with zero attached hydrogens (tertiary/aromatic N) is 7. The highest BCUT2D eigenvalue weighted by atomic mass is 19.1. The monoisotopic (exact) mass is 612 g/mol. The van der Waals surface area contributed by atoms with Crippen molar-refractivity contribution < 1.29 is 18.7 Å². The average molecular weight is 613 g/mol. The molecule has 5 heterocycles. The van der Waals surface area contributed by atoms with Crippen molar-refractivity contribution in [3.63, 3.8) is 0 Å². The first-order valence-corrected chi connectivity index (χ1v) is 15.5. The highest BCUT2D eigenvalue weighted by Gasteiger charge is 2.37. The van der Waals surface area contributed by atoms with E-state index in [1.165, 1.54) is 12.1 Å². The summed E-state index contributed by atoms with van der Waals surface area (Å²) in [5.41, 5.74) is 3.66. The molecule has 2 saturated heterocycles. The molecule has 0 unspecified atom stereocenters. The van der Waals surface area contributed by atoms with Gasteiger partial charge in [-0.15, -0.1) is 0 Å². The van der Waals surface area contributed by atoms with Crippen LogP contribution in [0.25, 0.3) is 11.3 Å². The third-order valence-corrected chi connectivity index (χ3v) is 8.73. The number of urea groups is 1. The molecule has 234 valence electrons. The number of piperazine rings is 1. The molecule has 2 fully saturated rings. The smallest absolute Gasteiger partial charge is 0.324 e. The summed E-state index contributed by atoms with van der Waals surface area (Å²) in [6.45, 7) is 7.68. The van der Waals surface area contributed by atoms with E-state index in [2.05, 4.69) is 33.1 Å². The molecule has 45 heavy (non-hydrogen) atoms. The van der Waals surface area contributed by atoms with Crippen molar-refractivity contribution in [2.24, 2.45) is 0 Å². The zero-order valence-corrected chi connectivity index (χ0v) is 25.8. The normalized spacial score (nSPS) is 18.3. The number of carbonyl (C=O) groups excluding carboxylic acids is 2. The number of nitrogens with one attached hydrogen (secondary N) is 1. The molecule has 1 N–H and O–H groups in total. The van der Waals surface area contributed by atoms with Gasteiger partial charge in [0.2, 0.25) is 5.88 Å². The number of aromatic nitrogens is 2. The molecular weight excluding hydrogens is 575 g/mol. The van der Waals surface area contributed by atoms with Crippen molar-refractivity contribution in [2.45, 2.75) is 38.8 Å². The van der Waals surface area contributed by atoms with Crippen LogP contribution in [0.3, 0.4) is 0 Å². The van der Waals surface area contributed by atoms with Crippen LogP contribution in [0, 0.1) is 17.1 Å². The number of rotatable bonds is 7. The van der Waals surface area contributed by atoms with Crippen molar-refractivity contribution in [1.29, 1.82) is 5.26 Å². The maximum absolute atomic E-state index is 14.1. The number of fused-ring (bicyclic) bond motifs is 1. The number of halogens is 1. The van der Waals surface area contributed by atoms with E-state index in [-0.39, 0.29) is 29.6 Å². The second kappa shape index (κ2) is 12.7. The van der Waals surface area contributed by atoms with Crippen molar-refractivity contribution in [3.8, 4) is 23.2 Å². The SMILES string of the molecule is CCOc1ncccc1-c1ccc(N2CCN(C(=O)N3CCc4cc(F)cc(C#N)c43)C[C@H]2CC)c(C(=O)NC2CN(C)C2)n1. The number of carbonyl (C=O) groups is 2. The van der Waals surface area contributed by atoms with Crippen LogP contribution >= 0.6 is 0 Å². The lowest BCUT2D eigenvalue weighted by molar-refractivity contribution is 0.0853. The number of anilines is 2. The van der Waals surface area contributed by atoms with Crippen molar-refractivity contribution >= 4 is 23.3 Å². The lowest BCUT2D eigenvalue weighted by Crippen LogP contribution is -2.59. The van der Waals surface area contributed by atoms with Gasteiger partial charge >= 0.3 is 6.03 Å². The van der Waals surface area contributed by atoms with E-state index in [1.807, 2.05) is 38.2 Å². The van der Waals surface area contributed by atoms with Crippen LogP contribution < -0.4 is 19.9 Å². The van der Waals surface area contributed by atoms with Gasteiger partial charge < -0.3 is 24.8 Å². The topological polar surface area (TPSA) is 118 Å². The zero-order valence-electron chi connectivity index (χ0n) is 25.8. The molecule has 12 heteroatoms. The largest absolute Gasteiger partial charge is 0.477 e. The molecule has 11 nitrogen and oxygen atoms in total. The summed E-state index contributed by atoms with van der Waals surface area (Å²) in [5, 5.41) is 12.8. The highest BCUT2D eigenvalue weighted by molar-refractivity contribution is 5.99. The summed E-state index contributed by atoms with van der Waals surface area (Å²) < 4.78 is 19.8. The number of amides is 3. The van der Waals surface area contributed by atoms with Crippen LogP contribution in [0.15, 0.2) is 42.6 Å². The number of hydrogen-bond donors (Lipinski definition) is 1. The van der Waals surface area contributed by atoms with Crippen LogP contribution in [0.5, 0.6) is 5.88 Å². The quantitative estimate of drug-likeness (QED) is 0.430. The maximum Gasteiger partial charge on any atom is 0.324 e. The van der Waals surface area contributed by atoms with Gasteiger partial charge in [-0.2, -0.15) is 5.26 Å². The Balaban J connectivity index is 1.28. The van der Waals surface area contributed by atoms with E-state index < -0.39 is 5.82 Å². The molecule has 3 aliphatic heterocycles. The first kappa shape index (κ1) is 30.3. The molecule has 0 aliphatic carbocycles. The van der Waals surface area contributed by atoms with Crippen LogP contribution in [0.2, 0.25) is 0 Å². The van der Waals surface area contributed by atoms with Gasteiger partial charge in [0.15, 0.2) is 5.69 Å². The molecular formula is C33H37FN8O3. The summed E-state index contributed by atoms with van der Waals surface area (Å²) in [6.07, 6.45) is 2.89. The Kier molecular flexibility index (Phi) is 8.54. The fourth-order valence-electron chi connectivity index (χ4n) is 6.53. The first-order chi connectivity index (χ1) is 21.8. The fourth-order valence-corrected chi connectivity index (χ4v) is 6.53. The van der Waals surface area contributed by atoms with E-state index in [0.29, 0.717) is 79.0 Å². The minimum Gasteiger partial charge on any atom is -0.477 e. The summed E-state index contributed by atoms with van der Waals surface area (Å²) in [5.74, 6) is -0.262. The standard InChI is InChI=1S/C33H37FN8O3/c1-4-25-20-40(33(44)42-12-10-21-15-23(34)16-22(17-35)30(21)42)13-14-41(25)28-9-8-27(26-7-6-11-36-32(26)45-5-2)38-29(28)31(43)37-24-18-39(3)19-24/h6-9,11,15-16,24-25H,4-5,10,12-14,18-20H2,1-3H3,(H,37,43)/t25-/m1/s1. The third-order valence-electron chi connectivity index (χ3n) is 8.73. The van der Waals surface area contributed by atoms with Crippen LogP contribution in [0.4, 0.5) is 20.6 Å². The van der Waals surface area contributed by atoms with Crippen LogP contribution in [0.1, 0.15) is 41.9 Å². The first-order valence-electron chi connectivity index (χ1n) is 15.5. The third kappa shape index (κ3) is 5.88. The number of hydrogen-bond acceptors (Lipinski definition) is 8. The summed E-state index contributed by atoms with van der Waals surface area (Å²) in [4.78, 5) is 44.5. The predicted octanol–water partition coefficient (Wildman–Crippen LogP) is 3.68. The molecule has 1 aromatic carbocycles. The van der Waals surface area contributed by atoms with E-state index >= 15 is 0 Å². The second-order valence-electron chi connectivity index (χ2n) is 11.7. The lowest BCUT2D eigenvalue weighted by Gasteiger charge is -2.44. The van der Waals surface area contributed by atoms with E-state index in [9.17, 15) is 19.2 Å². The molecule has 3 aromatic rings. The van der Waals surface area contributed by atoms with Crippen molar-refractivity contribution in [2.75, 3.05) is 62.7 Å². The molecule has 0 radical (unpaired) electrons. The number of pyridine rings is 2. The maximum atomic E-state index is 14.1. The Bertz CT molecular complexity index is 1650. The predicted molar refractivity (Wildman–Crippen MR) is 168 cm³/mol. The van der Waals surface area contributed by atoms with E-state index in [1.54, 1.807) is 16.0 Å². The number of likely N-dealkylation sites (N-methyl/N-ethyl adjacent to an activating group) is 1. The van der Waals surface area contributed by atoms with E-state index in [4.69, 9.17) is 9.72 Å². The molecule has 0 spiro atoms. The van der Waals surface area contributed by atoms with Gasteiger partial charge in [-0.05, 0) is 68.8 Å². The van der Waals surface area contributed by atoms with Gasteiger partial charge in [0.05, 0.1) is 40.8 Å². The summed E-state index contributed by atoms with van der Waals surface area (Å²) in [7, 11) is 2.01. The van der Waals surface area contributed by atoms with Crippen LogP contribution in [-0.4, -0.2) is 96.7 Å². The van der Waals surface area contributed by atoms with Gasteiger partial charge in [0.1, 0.15) is 11.9 Å². The highest BCUT2D eigenvalue weighted by Crippen LogP contribution is 2.35. The van der Waals surface area contributed by atoms with Gasteiger partial charge in [-0.3, -0.25) is 9.69 Å². The van der Waals surface area contributed by atoms with Crippen molar-refractivity contribution in [3.05, 3.63) is 65.2 Å². The van der Waals surface area contributed by atoms with Crippen LogP contribution in [-0.2, 0) is 6.42 Å². The molecule has 0 bridgehead atoms. The lowest BCUT2D eigenvalue weighted by atomic mass is 10.0. The van der Waals surface area contributed by atoms with Gasteiger partial charge in [0, 0.05) is 51.5 Å². The minimum atomic E-state index is -0.472. The molecule has 0 saturated carbocycles. The van der Waals surface area contributed by atoms with E-state index in [0.717, 1.165) is 19.5 Å². The number of ether oxygens (including phenoxy) is 1. The average Bonchev–Trinajstić information content (AvgIpc) is 3.47. The molecule has 3 aliphatic rings. The Morgan fingerprint density at radius 3 is 2.69 bits per heavy atom.